The van der Waals surface area contributed by atoms with Crippen molar-refractivity contribution in [3.8, 4) is 45.1 Å². The second-order valence-corrected chi connectivity index (χ2v) is 16.1. The van der Waals surface area contributed by atoms with Crippen LogP contribution in [0.3, 0.4) is 0 Å². The number of benzene rings is 10. The van der Waals surface area contributed by atoms with Crippen molar-refractivity contribution in [3.05, 3.63) is 218 Å². The largest absolute Gasteiger partial charge is 0.309 e. The topological polar surface area (TPSA) is 35.6 Å². The van der Waals surface area contributed by atoms with E-state index in [2.05, 4.69) is 221 Å². The second-order valence-electron chi connectivity index (χ2n) is 16.1. The van der Waals surface area contributed by atoms with Gasteiger partial charge in [0.25, 0.3) is 0 Å². The van der Waals surface area contributed by atoms with Crippen LogP contribution in [0.2, 0.25) is 0 Å². The number of nitrogens with zero attached hydrogens (tertiary/aromatic N) is 4. The van der Waals surface area contributed by atoms with Crippen molar-refractivity contribution in [1.82, 2.24) is 19.1 Å². The number of aromatic nitrogens is 4. The maximum absolute atomic E-state index is 5.38. The summed E-state index contributed by atoms with van der Waals surface area (Å²) in [6.07, 6.45) is 0. The molecule has 0 fully saturated rings. The third-order valence-electron chi connectivity index (χ3n) is 12.7. The zero-order valence-corrected chi connectivity index (χ0v) is 33.6. The summed E-state index contributed by atoms with van der Waals surface area (Å²) < 4.78 is 4.70. The van der Waals surface area contributed by atoms with Crippen LogP contribution in [-0.4, -0.2) is 19.1 Å². The van der Waals surface area contributed by atoms with Gasteiger partial charge < -0.3 is 4.57 Å². The lowest BCUT2D eigenvalue weighted by Gasteiger charge is -2.15. The van der Waals surface area contributed by atoms with E-state index in [0.717, 1.165) is 55.0 Å². The lowest BCUT2D eigenvalue weighted by molar-refractivity contribution is 1.02. The Morgan fingerprint density at radius 3 is 1.58 bits per heavy atom. The van der Waals surface area contributed by atoms with Crippen molar-refractivity contribution in [1.29, 1.82) is 0 Å². The Labute approximate surface area is 357 Å². The Morgan fingerprint density at radius 1 is 0.306 bits per heavy atom. The van der Waals surface area contributed by atoms with Gasteiger partial charge in [0.05, 0.1) is 33.3 Å². The molecule has 0 saturated carbocycles. The first-order valence-corrected chi connectivity index (χ1v) is 21.2. The van der Waals surface area contributed by atoms with Gasteiger partial charge in [-0.1, -0.05) is 170 Å². The third-order valence-corrected chi connectivity index (χ3v) is 12.7. The highest BCUT2D eigenvalue weighted by molar-refractivity contribution is 6.25. The molecule has 0 atom stereocenters. The summed E-state index contributed by atoms with van der Waals surface area (Å²) in [6.45, 7) is 0. The monoisotopic (exact) mass is 788 g/mol. The van der Waals surface area contributed by atoms with Gasteiger partial charge in [0.1, 0.15) is 0 Å². The first-order valence-electron chi connectivity index (χ1n) is 21.2. The van der Waals surface area contributed by atoms with Gasteiger partial charge >= 0.3 is 0 Å². The first-order chi connectivity index (χ1) is 30.8. The highest BCUT2D eigenvalue weighted by Crippen LogP contribution is 2.45. The van der Waals surface area contributed by atoms with Gasteiger partial charge in [-0.3, -0.25) is 4.57 Å². The molecule has 0 spiro atoms. The van der Waals surface area contributed by atoms with Crippen molar-refractivity contribution < 1.29 is 0 Å². The lowest BCUT2D eigenvalue weighted by Crippen LogP contribution is -2.03. The molecule has 0 unspecified atom stereocenters. The Kier molecular flexibility index (Phi) is 7.57. The number of fused-ring (bicyclic) bond motifs is 11. The molecule has 0 radical (unpaired) electrons. The Hall–Kier alpha value is -8.34. The minimum absolute atomic E-state index is 0.656. The van der Waals surface area contributed by atoms with Gasteiger partial charge in [-0.25, -0.2) is 9.97 Å². The van der Waals surface area contributed by atoms with Crippen LogP contribution < -0.4 is 0 Å². The molecule has 0 saturated heterocycles. The molecule has 13 aromatic rings. The van der Waals surface area contributed by atoms with Gasteiger partial charge in [-0.05, 0) is 86.9 Å². The fourth-order valence-corrected chi connectivity index (χ4v) is 10.0. The predicted octanol–water partition coefficient (Wildman–Crippen LogP) is 15.1. The van der Waals surface area contributed by atoms with Crippen LogP contribution in [0, 0.1) is 0 Å². The molecule has 13 rings (SSSR count). The smallest absolute Gasteiger partial charge is 0.235 e. The maximum Gasteiger partial charge on any atom is 0.235 e. The van der Waals surface area contributed by atoms with Gasteiger partial charge in [-0.2, -0.15) is 0 Å². The number of para-hydroxylation sites is 4. The van der Waals surface area contributed by atoms with Gasteiger partial charge in [0, 0.05) is 43.6 Å². The molecular formula is C58H36N4. The molecule has 10 aromatic carbocycles. The number of hydrogen-bond acceptors (Lipinski definition) is 2. The van der Waals surface area contributed by atoms with Crippen LogP contribution in [-0.2, 0) is 0 Å². The Balaban J connectivity index is 1.06. The highest BCUT2D eigenvalue weighted by Gasteiger charge is 2.22. The molecule has 288 valence electrons. The van der Waals surface area contributed by atoms with E-state index in [1.807, 2.05) is 6.07 Å². The third kappa shape index (κ3) is 5.14. The van der Waals surface area contributed by atoms with E-state index in [9.17, 15) is 0 Å². The molecule has 0 bridgehead atoms. The fraction of sp³-hybridized carbons (Fsp3) is 0. The average molecular weight is 789 g/mol. The molecule has 4 nitrogen and oxygen atoms in total. The zero-order valence-electron chi connectivity index (χ0n) is 33.6. The standard InChI is InChI=1S/C58H36N4/c1-3-18-37(19-4-1)56-46-29-11-14-31-51(46)59-58(60-56)62-52-32-15-12-26-43(52)50-35-48(42-25-8-10-28-45(42)57(50)62)38-20-17-21-39(34-38)49-36-54-55(44-27-9-7-24-41(44)49)47-30-13-16-33-53(47)61(54)40-22-5-2-6-23-40/h1-36H. The molecule has 0 aliphatic rings. The molecular weight excluding hydrogens is 753 g/mol. The van der Waals surface area contributed by atoms with E-state index >= 15 is 0 Å². The quantitative estimate of drug-likeness (QED) is 0.174. The molecule has 0 amide bonds. The van der Waals surface area contributed by atoms with Crippen LogP contribution in [0.5, 0.6) is 0 Å². The van der Waals surface area contributed by atoms with Gasteiger partial charge in [-0.15, -0.1) is 0 Å². The van der Waals surface area contributed by atoms with E-state index in [1.165, 1.54) is 60.2 Å². The normalized spacial score (nSPS) is 11.9. The summed E-state index contributed by atoms with van der Waals surface area (Å²) in [5.41, 5.74) is 13.4. The van der Waals surface area contributed by atoms with E-state index < -0.39 is 0 Å². The van der Waals surface area contributed by atoms with Crippen molar-refractivity contribution in [2.45, 2.75) is 0 Å². The van der Waals surface area contributed by atoms with E-state index in [-0.39, 0.29) is 0 Å². The Bertz CT molecular complexity index is 3920. The van der Waals surface area contributed by atoms with Crippen molar-refractivity contribution in [3.63, 3.8) is 0 Å². The summed E-state index contributed by atoms with van der Waals surface area (Å²) in [5.74, 6) is 0.656. The van der Waals surface area contributed by atoms with Gasteiger partial charge in [0.2, 0.25) is 5.95 Å². The van der Waals surface area contributed by atoms with Crippen molar-refractivity contribution in [2.75, 3.05) is 0 Å². The van der Waals surface area contributed by atoms with Crippen molar-refractivity contribution in [2.24, 2.45) is 0 Å². The molecule has 3 heterocycles. The SMILES string of the molecule is c1ccc(-c2nc(-n3c4ccccc4c4cc(-c5cccc(-c6cc7c(c8ccccc68)c6ccccc6n7-c6ccccc6)c5)c5ccccc5c43)nc3ccccc23)cc1. The van der Waals surface area contributed by atoms with Crippen molar-refractivity contribution >= 4 is 76.1 Å². The highest BCUT2D eigenvalue weighted by atomic mass is 15.2. The predicted molar refractivity (Wildman–Crippen MR) is 260 cm³/mol. The molecule has 62 heavy (non-hydrogen) atoms. The van der Waals surface area contributed by atoms with E-state index in [0.29, 0.717) is 5.95 Å². The first kappa shape index (κ1) is 34.5. The Morgan fingerprint density at radius 2 is 0.839 bits per heavy atom. The summed E-state index contributed by atoms with van der Waals surface area (Å²) >= 11 is 0. The summed E-state index contributed by atoms with van der Waals surface area (Å²) in [7, 11) is 0. The average Bonchev–Trinajstić information content (AvgIpc) is 3.87. The number of hydrogen-bond donors (Lipinski definition) is 0. The maximum atomic E-state index is 5.38. The summed E-state index contributed by atoms with van der Waals surface area (Å²) in [4.78, 5) is 10.7. The molecule has 0 aliphatic carbocycles. The fourth-order valence-electron chi connectivity index (χ4n) is 10.0. The molecule has 4 heteroatoms. The van der Waals surface area contributed by atoms with Crippen LogP contribution in [0.15, 0.2) is 218 Å². The van der Waals surface area contributed by atoms with E-state index in [4.69, 9.17) is 9.97 Å². The lowest BCUT2D eigenvalue weighted by atomic mass is 9.91. The van der Waals surface area contributed by atoms with Crippen LogP contribution in [0.1, 0.15) is 0 Å². The van der Waals surface area contributed by atoms with Crippen LogP contribution in [0.25, 0.3) is 121 Å². The van der Waals surface area contributed by atoms with Crippen LogP contribution >= 0.6 is 0 Å². The summed E-state index contributed by atoms with van der Waals surface area (Å²) in [5, 5.41) is 10.7. The second kappa shape index (κ2) is 13.6. The summed E-state index contributed by atoms with van der Waals surface area (Å²) in [6, 6.07) is 78.6. The van der Waals surface area contributed by atoms with E-state index in [1.54, 1.807) is 0 Å². The minimum atomic E-state index is 0.656. The molecule has 3 aromatic heterocycles. The zero-order chi connectivity index (χ0) is 40.7. The molecule has 0 N–H and O–H groups in total. The van der Waals surface area contributed by atoms with Crippen LogP contribution in [0.4, 0.5) is 0 Å². The minimum Gasteiger partial charge on any atom is -0.309 e. The van der Waals surface area contributed by atoms with Gasteiger partial charge in [0.15, 0.2) is 0 Å². The molecule has 0 aliphatic heterocycles. The number of rotatable bonds is 5.